The lowest BCUT2D eigenvalue weighted by Crippen LogP contribution is -1.89. The van der Waals surface area contributed by atoms with Gasteiger partial charge in [-0.15, -0.1) is 0 Å². The molecule has 0 saturated heterocycles. The van der Waals surface area contributed by atoms with Gasteiger partial charge in [-0.1, -0.05) is 25.8 Å². The van der Waals surface area contributed by atoms with Crippen LogP contribution >= 0.6 is 0 Å². The molecule has 0 aromatic rings. The molecule has 10 heavy (non-hydrogen) atoms. The molecule has 0 aliphatic heterocycles. The van der Waals surface area contributed by atoms with Gasteiger partial charge in [0, 0.05) is 0 Å². The molecule has 0 amide bonds. The SMILES string of the molecule is CCCC/C=[C]\S(=O)(=O)O. The van der Waals surface area contributed by atoms with Gasteiger partial charge in [0.25, 0.3) is 10.1 Å². The van der Waals surface area contributed by atoms with E-state index in [-0.39, 0.29) is 0 Å². The molecule has 1 radical (unpaired) electrons. The maximum atomic E-state index is 10.0. The molecule has 0 bridgehead atoms. The normalized spacial score (nSPS) is 12.6. The van der Waals surface area contributed by atoms with E-state index >= 15 is 0 Å². The van der Waals surface area contributed by atoms with E-state index in [1.54, 1.807) is 0 Å². The van der Waals surface area contributed by atoms with Crippen molar-refractivity contribution in [2.24, 2.45) is 0 Å². The van der Waals surface area contributed by atoms with Crippen LogP contribution in [0.5, 0.6) is 0 Å². The van der Waals surface area contributed by atoms with Gasteiger partial charge >= 0.3 is 0 Å². The molecule has 0 spiro atoms. The third-order valence-electron chi connectivity index (χ3n) is 0.934. The monoisotopic (exact) mass is 163 g/mol. The molecule has 0 aromatic heterocycles. The first-order valence-electron chi connectivity index (χ1n) is 3.12. The van der Waals surface area contributed by atoms with E-state index in [2.05, 4.69) is 0 Å². The zero-order chi connectivity index (χ0) is 8.04. The zero-order valence-corrected chi connectivity index (χ0v) is 6.69. The molecule has 0 aliphatic rings. The summed E-state index contributed by atoms with van der Waals surface area (Å²) < 4.78 is 28.2. The van der Waals surface area contributed by atoms with E-state index in [9.17, 15) is 8.42 Å². The molecule has 1 N–H and O–H groups in total. The number of allylic oxidation sites excluding steroid dienone is 1. The summed E-state index contributed by atoms with van der Waals surface area (Å²) in [5.74, 6) is 0. The third-order valence-corrected chi connectivity index (χ3v) is 1.40. The first kappa shape index (κ1) is 9.65. The van der Waals surface area contributed by atoms with Gasteiger partial charge in [0.2, 0.25) is 0 Å². The highest BCUT2D eigenvalue weighted by Gasteiger charge is 1.94. The highest BCUT2D eigenvalue weighted by molar-refractivity contribution is 7.87. The van der Waals surface area contributed by atoms with Gasteiger partial charge in [0.15, 0.2) is 0 Å². The number of rotatable bonds is 4. The van der Waals surface area contributed by atoms with E-state index in [4.69, 9.17) is 4.55 Å². The fourth-order valence-corrected chi connectivity index (χ4v) is 0.799. The smallest absolute Gasteiger partial charge is 0.282 e. The molecular weight excluding hydrogens is 152 g/mol. The molecule has 0 aliphatic carbocycles. The summed E-state index contributed by atoms with van der Waals surface area (Å²) in [5.41, 5.74) is 0. The van der Waals surface area contributed by atoms with Crippen LogP contribution < -0.4 is 0 Å². The summed E-state index contributed by atoms with van der Waals surface area (Å²) in [7, 11) is -4.01. The van der Waals surface area contributed by atoms with Gasteiger partial charge in [0.1, 0.15) is 5.41 Å². The van der Waals surface area contributed by atoms with Crippen molar-refractivity contribution in [1.82, 2.24) is 0 Å². The molecule has 0 heterocycles. The summed E-state index contributed by atoms with van der Waals surface area (Å²) in [6.07, 6.45) is 3.90. The number of hydrogen-bond acceptors (Lipinski definition) is 2. The first-order chi connectivity index (χ1) is 4.56. The van der Waals surface area contributed by atoms with Crippen LogP contribution in [0.1, 0.15) is 26.2 Å². The molecule has 0 unspecified atom stereocenters. The van der Waals surface area contributed by atoms with Crippen LogP contribution in [-0.2, 0) is 10.1 Å². The van der Waals surface area contributed by atoms with E-state index in [0.717, 1.165) is 12.8 Å². The number of hydrogen-bond donors (Lipinski definition) is 1. The van der Waals surface area contributed by atoms with Crippen molar-refractivity contribution >= 4 is 10.1 Å². The Labute approximate surface area is 61.5 Å². The van der Waals surface area contributed by atoms with Crippen LogP contribution in [0.2, 0.25) is 0 Å². The Morgan fingerprint density at radius 1 is 1.60 bits per heavy atom. The maximum absolute atomic E-state index is 10.0. The minimum absolute atomic E-state index is 0.649. The molecule has 0 fully saturated rings. The fraction of sp³-hybridized carbons (Fsp3) is 0.667. The molecular formula is C6H11O3S. The minimum atomic E-state index is -4.01. The van der Waals surface area contributed by atoms with Crippen molar-refractivity contribution in [1.29, 1.82) is 0 Å². The molecule has 4 heteroatoms. The second kappa shape index (κ2) is 4.46. The van der Waals surface area contributed by atoms with Crippen molar-refractivity contribution in [2.45, 2.75) is 26.2 Å². The Balaban J connectivity index is 3.58. The average molecular weight is 163 g/mol. The van der Waals surface area contributed by atoms with Gasteiger partial charge in [0.05, 0.1) is 0 Å². The van der Waals surface area contributed by atoms with E-state index in [0.29, 0.717) is 6.42 Å². The van der Waals surface area contributed by atoms with E-state index < -0.39 is 10.1 Å². The van der Waals surface area contributed by atoms with Gasteiger partial charge in [-0.3, -0.25) is 4.55 Å². The van der Waals surface area contributed by atoms with Crippen molar-refractivity contribution in [3.05, 3.63) is 11.5 Å². The van der Waals surface area contributed by atoms with Crippen molar-refractivity contribution < 1.29 is 13.0 Å². The largest absolute Gasteiger partial charge is 0.295 e. The van der Waals surface area contributed by atoms with Gasteiger partial charge < -0.3 is 0 Å². The Kier molecular flexibility index (Phi) is 4.31. The van der Waals surface area contributed by atoms with E-state index in [1.807, 2.05) is 12.3 Å². The summed E-state index contributed by atoms with van der Waals surface area (Å²) in [5, 5.41) is 1.86. The fourth-order valence-electron chi connectivity index (χ4n) is 0.470. The Morgan fingerprint density at radius 3 is 2.60 bits per heavy atom. The Bertz CT molecular complexity index is 191. The second-order valence-electron chi connectivity index (χ2n) is 1.94. The summed E-state index contributed by atoms with van der Waals surface area (Å²) in [4.78, 5) is 0. The zero-order valence-electron chi connectivity index (χ0n) is 5.87. The van der Waals surface area contributed by atoms with Gasteiger partial charge in [-0.05, 0) is 6.42 Å². The highest BCUT2D eigenvalue weighted by atomic mass is 32.2. The van der Waals surface area contributed by atoms with Crippen molar-refractivity contribution in [3.63, 3.8) is 0 Å². The Morgan fingerprint density at radius 2 is 2.20 bits per heavy atom. The second-order valence-corrected chi connectivity index (χ2v) is 3.13. The minimum Gasteiger partial charge on any atom is -0.282 e. The molecule has 0 rings (SSSR count). The summed E-state index contributed by atoms with van der Waals surface area (Å²) in [6, 6.07) is 0. The number of unbranched alkanes of at least 4 members (excludes halogenated alkanes) is 2. The molecule has 0 atom stereocenters. The van der Waals surface area contributed by atoms with Crippen LogP contribution in [0.4, 0.5) is 0 Å². The quantitative estimate of drug-likeness (QED) is 0.503. The predicted octanol–water partition coefficient (Wildman–Crippen LogP) is 1.38. The van der Waals surface area contributed by atoms with Gasteiger partial charge in [-0.2, -0.15) is 8.42 Å². The molecule has 0 saturated carbocycles. The first-order valence-corrected chi connectivity index (χ1v) is 4.56. The van der Waals surface area contributed by atoms with Crippen LogP contribution in [0.3, 0.4) is 0 Å². The van der Waals surface area contributed by atoms with Crippen LogP contribution in [0.15, 0.2) is 6.08 Å². The lowest BCUT2D eigenvalue weighted by atomic mass is 10.2. The van der Waals surface area contributed by atoms with Gasteiger partial charge in [-0.25, -0.2) is 0 Å². The van der Waals surface area contributed by atoms with Crippen LogP contribution in [0, 0.1) is 5.41 Å². The lowest BCUT2D eigenvalue weighted by molar-refractivity contribution is 0.492. The lowest BCUT2D eigenvalue weighted by Gasteiger charge is -1.85. The molecule has 59 valence electrons. The standard InChI is InChI=1S/C6H11O3S/c1-2-3-4-5-6-10(7,8)9/h5H,2-4H2,1H3,(H,7,8,9). The maximum Gasteiger partial charge on any atom is 0.295 e. The predicted molar refractivity (Wildman–Crippen MR) is 38.9 cm³/mol. The highest BCUT2D eigenvalue weighted by Crippen LogP contribution is 1.95. The Hall–Kier alpha value is -0.350. The third kappa shape index (κ3) is 7.65. The summed E-state index contributed by atoms with van der Waals surface area (Å²) in [6.45, 7) is 2.00. The van der Waals surface area contributed by atoms with Crippen molar-refractivity contribution in [2.75, 3.05) is 0 Å². The molecule has 3 nitrogen and oxygen atoms in total. The molecule has 0 aromatic carbocycles. The summed E-state index contributed by atoms with van der Waals surface area (Å²) >= 11 is 0. The topological polar surface area (TPSA) is 54.4 Å². The average Bonchev–Trinajstić information content (AvgIpc) is 1.78. The van der Waals surface area contributed by atoms with E-state index in [1.165, 1.54) is 6.08 Å². The van der Waals surface area contributed by atoms with Crippen LogP contribution in [0.25, 0.3) is 0 Å². The van der Waals surface area contributed by atoms with Crippen molar-refractivity contribution in [3.8, 4) is 0 Å². The van der Waals surface area contributed by atoms with Crippen LogP contribution in [-0.4, -0.2) is 13.0 Å².